The Balaban J connectivity index is 1.13. The van der Waals surface area contributed by atoms with Crippen LogP contribution in [-0.2, 0) is 0 Å². The van der Waals surface area contributed by atoms with Gasteiger partial charge >= 0.3 is 0 Å². The zero-order valence-electron chi connectivity index (χ0n) is 26.1. The number of pyridine rings is 1. The quantitative estimate of drug-likeness (QED) is 0.181. The first-order valence-corrected chi connectivity index (χ1v) is 16.0. The van der Waals surface area contributed by atoms with Gasteiger partial charge in [-0.1, -0.05) is 140 Å². The Morgan fingerprint density at radius 2 is 0.776 bits per heavy atom. The predicted octanol–water partition coefficient (Wildman–Crippen LogP) is 9.96. The lowest BCUT2D eigenvalue weighted by Crippen LogP contribution is -2.00. The van der Waals surface area contributed by atoms with Gasteiger partial charge in [0.2, 0.25) is 5.71 Å². The van der Waals surface area contributed by atoms with Crippen LogP contribution in [-0.4, -0.2) is 29.9 Å². The average molecular weight is 631 g/mol. The fourth-order valence-electron chi connectivity index (χ4n) is 5.96. The number of furan rings is 1. The first kappa shape index (κ1) is 28.4. The van der Waals surface area contributed by atoms with E-state index in [0.717, 1.165) is 55.5 Å². The summed E-state index contributed by atoms with van der Waals surface area (Å²) >= 11 is 0. The molecule has 7 nitrogen and oxygen atoms in total. The van der Waals surface area contributed by atoms with Gasteiger partial charge in [0.25, 0.3) is 0 Å². The Labute approximate surface area is 281 Å². The molecule has 0 saturated heterocycles. The average Bonchev–Trinajstić information content (AvgIpc) is 3.57. The van der Waals surface area contributed by atoms with Crippen LogP contribution in [0.2, 0.25) is 0 Å². The summed E-state index contributed by atoms with van der Waals surface area (Å²) in [6.45, 7) is 0. The van der Waals surface area contributed by atoms with Gasteiger partial charge < -0.3 is 4.42 Å². The molecule has 49 heavy (non-hydrogen) atoms. The first-order valence-electron chi connectivity index (χ1n) is 16.0. The molecular weight excluding hydrogens is 605 g/mol. The van der Waals surface area contributed by atoms with Gasteiger partial charge in [0.1, 0.15) is 11.2 Å². The molecule has 0 aliphatic rings. The highest BCUT2D eigenvalue weighted by Crippen LogP contribution is 2.35. The molecule has 0 spiro atoms. The molecule has 7 heteroatoms. The lowest BCUT2D eigenvalue weighted by atomic mass is 10.0. The molecule has 9 rings (SSSR count). The van der Waals surface area contributed by atoms with E-state index in [9.17, 15) is 0 Å². The molecule has 0 atom stereocenters. The molecule has 230 valence electrons. The molecule has 0 bridgehead atoms. The summed E-state index contributed by atoms with van der Waals surface area (Å²) in [5.74, 6) is 2.38. The molecule has 0 aliphatic carbocycles. The van der Waals surface area contributed by atoms with Crippen molar-refractivity contribution >= 4 is 22.2 Å². The van der Waals surface area contributed by atoms with Crippen LogP contribution in [0.15, 0.2) is 162 Å². The number of rotatable bonds is 6. The van der Waals surface area contributed by atoms with Crippen LogP contribution in [0.25, 0.3) is 90.1 Å². The molecule has 0 radical (unpaired) electrons. The molecule has 0 amide bonds. The highest BCUT2D eigenvalue weighted by atomic mass is 16.3. The normalized spacial score (nSPS) is 11.3. The fraction of sp³-hybridized carbons (Fsp3) is 0. The van der Waals surface area contributed by atoms with Crippen molar-refractivity contribution in [2.24, 2.45) is 0 Å². The lowest BCUT2D eigenvalue weighted by Gasteiger charge is -2.10. The summed E-state index contributed by atoms with van der Waals surface area (Å²) in [4.78, 5) is 29.2. The Morgan fingerprint density at radius 3 is 1.33 bits per heavy atom. The van der Waals surface area contributed by atoms with Crippen LogP contribution in [0.4, 0.5) is 0 Å². The van der Waals surface area contributed by atoms with E-state index >= 15 is 0 Å². The Morgan fingerprint density at radius 1 is 0.347 bits per heavy atom. The van der Waals surface area contributed by atoms with E-state index in [1.54, 1.807) is 6.20 Å². The second-order valence-electron chi connectivity index (χ2n) is 11.6. The van der Waals surface area contributed by atoms with Crippen molar-refractivity contribution in [3.05, 3.63) is 158 Å². The van der Waals surface area contributed by atoms with Gasteiger partial charge in [-0.15, -0.1) is 0 Å². The number of nitrogens with zero attached hydrogens (tertiary/aromatic N) is 6. The summed E-state index contributed by atoms with van der Waals surface area (Å²) < 4.78 is 6.17. The lowest BCUT2D eigenvalue weighted by molar-refractivity contribution is 0.652. The van der Waals surface area contributed by atoms with Crippen LogP contribution in [0.5, 0.6) is 0 Å². The van der Waals surface area contributed by atoms with E-state index in [1.165, 1.54) is 0 Å². The van der Waals surface area contributed by atoms with E-state index in [0.29, 0.717) is 34.6 Å². The van der Waals surface area contributed by atoms with Gasteiger partial charge in [0.05, 0.1) is 5.39 Å². The smallest absolute Gasteiger partial charge is 0.229 e. The van der Waals surface area contributed by atoms with Crippen molar-refractivity contribution in [3.8, 4) is 67.9 Å². The maximum Gasteiger partial charge on any atom is 0.229 e. The summed E-state index contributed by atoms with van der Waals surface area (Å²) in [6, 6.07) is 50.5. The zero-order chi connectivity index (χ0) is 32.6. The summed E-state index contributed by atoms with van der Waals surface area (Å²) in [5, 5.41) is 0.845. The van der Waals surface area contributed by atoms with Crippen LogP contribution < -0.4 is 0 Å². The minimum absolute atomic E-state index is 0.533. The van der Waals surface area contributed by atoms with Crippen molar-refractivity contribution in [2.45, 2.75) is 0 Å². The topological polar surface area (TPSA) is 90.5 Å². The van der Waals surface area contributed by atoms with Crippen LogP contribution in [0, 0.1) is 0 Å². The SMILES string of the molecule is c1ccc(-c2ccc(-c3nc(-c4ccccc4)nc(-c4ccc(-c5nc(-c6ccccc6)c6oc7ncccc7c6n5)cc4)n3)cc2)cc1. The number of hydrogen-bond donors (Lipinski definition) is 0. The number of fused-ring (bicyclic) bond motifs is 3. The monoisotopic (exact) mass is 630 g/mol. The minimum Gasteiger partial charge on any atom is -0.434 e. The van der Waals surface area contributed by atoms with E-state index in [4.69, 9.17) is 29.3 Å². The van der Waals surface area contributed by atoms with Crippen molar-refractivity contribution in [1.82, 2.24) is 29.9 Å². The van der Waals surface area contributed by atoms with E-state index in [-0.39, 0.29) is 0 Å². The molecule has 0 aliphatic heterocycles. The van der Waals surface area contributed by atoms with Gasteiger partial charge in [-0.05, 0) is 23.3 Å². The van der Waals surface area contributed by atoms with Crippen LogP contribution in [0.3, 0.4) is 0 Å². The third kappa shape index (κ3) is 5.39. The maximum absolute atomic E-state index is 6.17. The second-order valence-corrected chi connectivity index (χ2v) is 11.6. The molecule has 0 unspecified atom stereocenters. The van der Waals surface area contributed by atoms with Crippen molar-refractivity contribution in [3.63, 3.8) is 0 Å². The number of hydrogen-bond acceptors (Lipinski definition) is 7. The molecule has 9 aromatic rings. The second kappa shape index (κ2) is 12.1. The Kier molecular flexibility index (Phi) is 6.98. The largest absolute Gasteiger partial charge is 0.434 e. The van der Waals surface area contributed by atoms with Crippen molar-refractivity contribution in [2.75, 3.05) is 0 Å². The van der Waals surface area contributed by atoms with Gasteiger partial charge in [0.15, 0.2) is 28.9 Å². The minimum atomic E-state index is 0.533. The molecular formula is C42H26N6O. The molecule has 5 aromatic carbocycles. The number of aromatic nitrogens is 6. The molecule has 0 N–H and O–H groups in total. The summed E-state index contributed by atoms with van der Waals surface area (Å²) in [7, 11) is 0. The molecule has 4 aromatic heterocycles. The number of benzene rings is 5. The molecule has 0 fully saturated rings. The zero-order valence-corrected chi connectivity index (χ0v) is 26.1. The Hall–Kier alpha value is -6.86. The highest BCUT2D eigenvalue weighted by Gasteiger charge is 2.19. The summed E-state index contributed by atoms with van der Waals surface area (Å²) in [6.07, 6.45) is 1.72. The van der Waals surface area contributed by atoms with Crippen LogP contribution in [0.1, 0.15) is 0 Å². The highest BCUT2D eigenvalue weighted by molar-refractivity contribution is 6.05. The molecule has 4 heterocycles. The van der Waals surface area contributed by atoms with E-state index in [2.05, 4.69) is 41.4 Å². The van der Waals surface area contributed by atoms with Gasteiger partial charge in [0, 0.05) is 34.0 Å². The predicted molar refractivity (Wildman–Crippen MR) is 193 cm³/mol. The van der Waals surface area contributed by atoms with E-state index < -0.39 is 0 Å². The van der Waals surface area contributed by atoms with Crippen molar-refractivity contribution in [1.29, 1.82) is 0 Å². The Bertz CT molecular complexity index is 2570. The summed E-state index contributed by atoms with van der Waals surface area (Å²) in [5.41, 5.74) is 9.36. The third-order valence-electron chi connectivity index (χ3n) is 8.46. The standard InChI is InChI=1S/C42H26N6O/c1-4-11-27(12-5-1)28-18-20-32(21-19-28)40-46-39(30-15-8-3-9-16-30)47-41(48-40)33-24-22-31(23-25-33)38-44-35(29-13-6-2-7-14-29)37-36(45-38)34-17-10-26-43-42(34)49-37/h1-26H. The maximum atomic E-state index is 6.17. The third-order valence-corrected chi connectivity index (χ3v) is 8.46. The first-order chi connectivity index (χ1) is 24.3. The van der Waals surface area contributed by atoms with Gasteiger partial charge in [-0.25, -0.2) is 29.9 Å². The van der Waals surface area contributed by atoms with Crippen LogP contribution >= 0.6 is 0 Å². The fourth-order valence-corrected chi connectivity index (χ4v) is 5.96. The van der Waals surface area contributed by atoms with E-state index in [1.807, 2.05) is 115 Å². The molecule has 0 saturated carbocycles. The van der Waals surface area contributed by atoms with Gasteiger partial charge in [-0.3, -0.25) is 0 Å². The van der Waals surface area contributed by atoms with Crippen molar-refractivity contribution < 1.29 is 4.42 Å². The van der Waals surface area contributed by atoms with Gasteiger partial charge in [-0.2, -0.15) is 0 Å².